The molecule has 0 radical (unpaired) electrons. The molecule has 0 saturated heterocycles. The predicted octanol–water partition coefficient (Wildman–Crippen LogP) is 3.48. The van der Waals surface area contributed by atoms with Gasteiger partial charge in [0.15, 0.2) is 0 Å². The first-order valence-electron chi connectivity index (χ1n) is 6.70. The predicted molar refractivity (Wildman–Crippen MR) is 82.8 cm³/mol. The fourth-order valence-corrected chi connectivity index (χ4v) is 2.40. The second-order valence-corrected chi connectivity index (χ2v) is 5.42. The van der Waals surface area contributed by atoms with Crippen LogP contribution in [0.4, 0.5) is 4.39 Å². The van der Waals surface area contributed by atoms with E-state index in [0.29, 0.717) is 21.6 Å². The maximum absolute atomic E-state index is 14.3. The summed E-state index contributed by atoms with van der Waals surface area (Å²) in [5.74, 6) is 0.0964. The zero-order valence-corrected chi connectivity index (χ0v) is 13.5. The van der Waals surface area contributed by atoms with Gasteiger partial charge in [-0.2, -0.15) is 0 Å². The van der Waals surface area contributed by atoms with Crippen molar-refractivity contribution in [1.82, 2.24) is 15.3 Å². The van der Waals surface area contributed by atoms with Crippen molar-refractivity contribution in [2.24, 2.45) is 0 Å². The monoisotopic (exact) mass is 353 g/mol. The quantitative estimate of drug-likeness (QED) is 0.863. The van der Waals surface area contributed by atoms with Crippen LogP contribution in [-0.4, -0.2) is 23.6 Å². The molecule has 4 nitrogen and oxygen atoms in total. The van der Waals surface area contributed by atoms with Crippen LogP contribution in [0, 0.1) is 5.82 Å². The van der Waals surface area contributed by atoms with E-state index in [1.807, 2.05) is 6.07 Å². The minimum Gasteiger partial charge on any atom is -0.480 e. The number of hydrogen-bond donors (Lipinski definition) is 1. The van der Waals surface area contributed by atoms with Crippen LogP contribution in [0.3, 0.4) is 0 Å². The molecule has 0 aliphatic carbocycles. The maximum atomic E-state index is 14.3. The van der Waals surface area contributed by atoms with Crippen LogP contribution in [0.25, 0.3) is 0 Å². The molecule has 0 spiro atoms. The summed E-state index contributed by atoms with van der Waals surface area (Å²) >= 11 is 3.27. The highest BCUT2D eigenvalue weighted by Crippen LogP contribution is 2.29. The van der Waals surface area contributed by atoms with Crippen LogP contribution < -0.4 is 10.1 Å². The highest BCUT2D eigenvalue weighted by atomic mass is 79.9. The molecule has 1 unspecified atom stereocenters. The molecule has 1 atom stereocenters. The lowest BCUT2D eigenvalue weighted by Crippen LogP contribution is -2.25. The molecule has 112 valence electrons. The number of ether oxygens (including phenoxy) is 1. The van der Waals surface area contributed by atoms with Gasteiger partial charge in [-0.3, -0.25) is 4.98 Å². The average Bonchev–Trinajstić information content (AvgIpc) is 2.49. The summed E-state index contributed by atoms with van der Waals surface area (Å²) in [7, 11) is 1.53. The fraction of sp³-hybridized carbons (Fsp3) is 0.333. The van der Waals surface area contributed by atoms with Crippen LogP contribution in [0.15, 0.2) is 35.1 Å². The SMILES string of the molecule is CCCNC(c1ccc(Br)cc1F)c1nccnc1OC. The lowest BCUT2D eigenvalue weighted by molar-refractivity contribution is 0.381. The number of methoxy groups -OCH3 is 1. The first-order chi connectivity index (χ1) is 10.2. The molecule has 1 aromatic carbocycles. The Labute approximate surface area is 131 Å². The van der Waals surface area contributed by atoms with Gasteiger partial charge in [0.05, 0.1) is 13.2 Å². The third-order valence-electron chi connectivity index (χ3n) is 3.03. The first kappa shape index (κ1) is 15.9. The Kier molecular flexibility index (Phi) is 5.64. The van der Waals surface area contributed by atoms with Crippen molar-refractivity contribution in [1.29, 1.82) is 0 Å². The van der Waals surface area contributed by atoms with E-state index >= 15 is 0 Å². The van der Waals surface area contributed by atoms with E-state index in [-0.39, 0.29) is 5.82 Å². The molecule has 6 heteroatoms. The van der Waals surface area contributed by atoms with Crippen molar-refractivity contribution >= 4 is 15.9 Å². The van der Waals surface area contributed by atoms with Gasteiger partial charge in [0.1, 0.15) is 11.5 Å². The molecule has 0 amide bonds. The Bertz CT molecular complexity index is 609. The summed E-state index contributed by atoms with van der Waals surface area (Å²) in [6.07, 6.45) is 4.06. The molecule has 2 rings (SSSR count). The second-order valence-electron chi connectivity index (χ2n) is 4.50. The fourth-order valence-electron chi connectivity index (χ4n) is 2.07. The topological polar surface area (TPSA) is 47.0 Å². The molecule has 1 aromatic heterocycles. The van der Waals surface area contributed by atoms with Crippen molar-refractivity contribution in [2.75, 3.05) is 13.7 Å². The average molecular weight is 354 g/mol. The van der Waals surface area contributed by atoms with Crippen LogP contribution in [0.5, 0.6) is 5.88 Å². The molecular weight excluding hydrogens is 337 g/mol. The highest BCUT2D eigenvalue weighted by Gasteiger charge is 2.23. The lowest BCUT2D eigenvalue weighted by Gasteiger charge is -2.20. The summed E-state index contributed by atoms with van der Waals surface area (Å²) < 4.78 is 20.2. The van der Waals surface area contributed by atoms with Gasteiger partial charge < -0.3 is 10.1 Å². The number of nitrogens with one attached hydrogen (secondary N) is 1. The van der Waals surface area contributed by atoms with E-state index in [4.69, 9.17) is 4.74 Å². The normalized spacial score (nSPS) is 12.2. The molecular formula is C15H17BrFN3O. The van der Waals surface area contributed by atoms with Gasteiger partial charge in [-0.1, -0.05) is 28.9 Å². The molecule has 21 heavy (non-hydrogen) atoms. The van der Waals surface area contributed by atoms with Gasteiger partial charge in [0.2, 0.25) is 5.88 Å². The van der Waals surface area contributed by atoms with E-state index in [9.17, 15) is 4.39 Å². The molecule has 1 N–H and O–H groups in total. The van der Waals surface area contributed by atoms with Gasteiger partial charge in [-0.05, 0) is 25.1 Å². The van der Waals surface area contributed by atoms with E-state index in [0.717, 1.165) is 13.0 Å². The van der Waals surface area contributed by atoms with E-state index in [1.165, 1.54) is 13.2 Å². The standard InChI is InChI=1S/C15H17BrFN3O/c1-3-6-18-13(11-5-4-10(16)9-12(11)17)14-15(21-2)20-8-7-19-14/h4-5,7-9,13,18H,3,6H2,1-2H3. The van der Waals surface area contributed by atoms with Gasteiger partial charge in [0, 0.05) is 22.4 Å². The van der Waals surface area contributed by atoms with Crippen LogP contribution >= 0.6 is 15.9 Å². The van der Waals surface area contributed by atoms with Crippen LogP contribution in [0.2, 0.25) is 0 Å². The summed E-state index contributed by atoms with van der Waals surface area (Å²) in [6.45, 7) is 2.79. The number of nitrogens with zero attached hydrogens (tertiary/aromatic N) is 2. The molecule has 0 aliphatic rings. The van der Waals surface area contributed by atoms with Crippen molar-refractivity contribution in [3.05, 3.63) is 52.1 Å². The van der Waals surface area contributed by atoms with Gasteiger partial charge >= 0.3 is 0 Å². The number of hydrogen-bond acceptors (Lipinski definition) is 4. The number of rotatable bonds is 6. The van der Waals surface area contributed by atoms with Crippen LogP contribution in [-0.2, 0) is 0 Å². The smallest absolute Gasteiger partial charge is 0.237 e. The Hall–Kier alpha value is -1.53. The zero-order valence-electron chi connectivity index (χ0n) is 11.9. The Morgan fingerprint density at radius 1 is 1.33 bits per heavy atom. The number of benzene rings is 1. The first-order valence-corrected chi connectivity index (χ1v) is 7.49. The molecule has 1 heterocycles. The maximum Gasteiger partial charge on any atom is 0.237 e. The Balaban J connectivity index is 2.47. The van der Waals surface area contributed by atoms with Crippen molar-refractivity contribution < 1.29 is 9.13 Å². The minimum absolute atomic E-state index is 0.300. The number of aromatic nitrogens is 2. The zero-order chi connectivity index (χ0) is 15.2. The minimum atomic E-state index is -0.401. The Morgan fingerprint density at radius 2 is 2.10 bits per heavy atom. The summed E-state index contributed by atoms with van der Waals surface area (Å²) in [5, 5.41) is 3.30. The third kappa shape index (κ3) is 3.77. The number of halogens is 2. The summed E-state index contributed by atoms with van der Waals surface area (Å²) in [4.78, 5) is 8.46. The molecule has 0 saturated carbocycles. The van der Waals surface area contributed by atoms with Gasteiger partial charge in [-0.25, -0.2) is 9.37 Å². The molecule has 0 fully saturated rings. The Morgan fingerprint density at radius 3 is 2.76 bits per heavy atom. The molecule has 2 aromatic rings. The molecule has 0 aliphatic heterocycles. The van der Waals surface area contributed by atoms with Crippen molar-refractivity contribution in [3.8, 4) is 5.88 Å². The lowest BCUT2D eigenvalue weighted by atomic mass is 10.0. The summed E-state index contributed by atoms with van der Waals surface area (Å²) in [6, 6.07) is 4.59. The van der Waals surface area contributed by atoms with Gasteiger partial charge in [-0.15, -0.1) is 0 Å². The second kappa shape index (κ2) is 7.47. The van der Waals surface area contributed by atoms with E-state index < -0.39 is 6.04 Å². The van der Waals surface area contributed by atoms with Crippen molar-refractivity contribution in [2.45, 2.75) is 19.4 Å². The van der Waals surface area contributed by atoms with E-state index in [2.05, 4.69) is 38.1 Å². The van der Waals surface area contributed by atoms with Crippen molar-refractivity contribution in [3.63, 3.8) is 0 Å². The van der Waals surface area contributed by atoms with E-state index in [1.54, 1.807) is 18.5 Å². The largest absolute Gasteiger partial charge is 0.480 e. The molecule has 0 bridgehead atoms. The summed E-state index contributed by atoms with van der Waals surface area (Å²) in [5.41, 5.74) is 1.10. The van der Waals surface area contributed by atoms with Gasteiger partial charge in [0.25, 0.3) is 0 Å². The third-order valence-corrected chi connectivity index (χ3v) is 3.52. The highest BCUT2D eigenvalue weighted by molar-refractivity contribution is 9.10. The van der Waals surface area contributed by atoms with Crippen LogP contribution in [0.1, 0.15) is 30.6 Å².